The molecule has 0 saturated carbocycles. The van der Waals surface area contributed by atoms with Crippen LogP contribution in [0.3, 0.4) is 0 Å². The molecule has 0 radical (unpaired) electrons. The van der Waals surface area contributed by atoms with E-state index in [2.05, 4.69) is 59.4 Å². The van der Waals surface area contributed by atoms with E-state index in [1.165, 1.54) is 17.3 Å². The van der Waals surface area contributed by atoms with Crippen LogP contribution in [0.2, 0.25) is 0 Å². The van der Waals surface area contributed by atoms with Gasteiger partial charge in [0.05, 0.1) is 11.5 Å². The lowest BCUT2D eigenvalue weighted by molar-refractivity contribution is -0.113. The Morgan fingerprint density at radius 1 is 1.26 bits per heavy atom. The van der Waals surface area contributed by atoms with Crippen molar-refractivity contribution in [2.75, 3.05) is 11.1 Å². The number of nitrogens with zero attached hydrogens (tertiary/aromatic N) is 4. The van der Waals surface area contributed by atoms with Gasteiger partial charge in [0.2, 0.25) is 11.8 Å². The number of nitriles is 1. The van der Waals surface area contributed by atoms with Crippen LogP contribution < -0.4 is 5.32 Å². The van der Waals surface area contributed by atoms with Gasteiger partial charge < -0.3 is 8.98 Å². The van der Waals surface area contributed by atoms with Crippen molar-refractivity contribution in [1.29, 1.82) is 5.26 Å². The van der Waals surface area contributed by atoms with Crippen LogP contribution in [0.5, 0.6) is 0 Å². The Morgan fingerprint density at radius 2 is 2.00 bits per heavy atom. The summed E-state index contributed by atoms with van der Waals surface area (Å²) in [6.07, 6.45) is 1.78. The molecule has 0 saturated heterocycles. The Balaban J connectivity index is 1.64. The van der Waals surface area contributed by atoms with E-state index >= 15 is 0 Å². The van der Waals surface area contributed by atoms with Gasteiger partial charge in [-0.3, -0.25) is 10.1 Å². The van der Waals surface area contributed by atoms with Crippen LogP contribution in [0.25, 0.3) is 0 Å². The van der Waals surface area contributed by atoms with E-state index in [1.807, 2.05) is 4.57 Å². The fourth-order valence-corrected chi connectivity index (χ4v) is 4.37. The van der Waals surface area contributed by atoms with Crippen LogP contribution in [0.15, 0.2) is 51.4 Å². The fraction of sp³-hybridized carbons (Fsp3) is 0.273. The molecule has 3 aromatic rings. The molecule has 31 heavy (non-hydrogen) atoms. The number of benzene rings is 1. The predicted molar refractivity (Wildman–Crippen MR) is 123 cm³/mol. The van der Waals surface area contributed by atoms with Crippen molar-refractivity contribution in [3.63, 3.8) is 0 Å². The van der Waals surface area contributed by atoms with Crippen molar-refractivity contribution < 1.29 is 9.21 Å². The van der Waals surface area contributed by atoms with Crippen molar-refractivity contribution >= 4 is 35.3 Å². The van der Waals surface area contributed by atoms with Crippen molar-refractivity contribution in [3.05, 3.63) is 65.2 Å². The van der Waals surface area contributed by atoms with E-state index < -0.39 is 0 Å². The quantitative estimate of drug-likeness (QED) is 0.364. The summed E-state index contributed by atoms with van der Waals surface area (Å²) >= 11 is 2.96. The van der Waals surface area contributed by atoms with Gasteiger partial charge in [0, 0.05) is 17.0 Å². The van der Waals surface area contributed by atoms with Crippen molar-refractivity contribution in [2.45, 2.75) is 43.1 Å². The molecule has 1 amide bonds. The molecule has 0 spiro atoms. The van der Waals surface area contributed by atoms with Gasteiger partial charge in [0.15, 0.2) is 5.16 Å². The number of furan rings is 1. The first-order chi connectivity index (χ1) is 14.9. The Labute approximate surface area is 189 Å². The number of nitrogens with one attached hydrogen (secondary N) is 1. The standard InChI is InChI=1S/C22H23N5O2S2/c1-5-10-27-19(12-30-17-8-6-14(2)7-9-17)25-26-22(27)31-13-20(28)24-21-18(11-23)15(3)16(4)29-21/h5-9H,1,10,12-13H2,2-4H3,(H,24,28). The third-order valence-corrected chi connectivity index (χ3v) is 6.55. The molecule has 0 aliphatic rings. The molecule has 0 aliphatic heterocycles. The molecule has 0 aliphatic carbocycles. The second-order valence-electron chi connectivity index (χ2n) is 6.84. The third-order valence-electron chi connectivity index (χ3n) is 4.58. The van der Waals surface area contributed by atoms with Gasteiger partial charge in [-0.2, -0.15) is 5.26 Å². The normalized spacial score (nSPS) is 10.6. The number of aromatic nitrogens is 3. The highest BCUT2D eigenvalue weighted by Gasteiger charge is 2.18. The molecule has 2 aromatic heterocycles. The summed E-state index contributed by atoms with van der Waals surface area (Å²) in [6, 6.07) is 10.4. The minimum absolute atomic E-state index is 0.115. The predicted octanol–water partition coefficient (Wildman–Crippen LogP) is 4.88. The smallest absolute Gasteiger partial charge is 0.237 e. The molecular weight excluding hydrogens is 430 g/mol. The molecule has 0 atom stereocenters. The largest absolute Gasteiger partial charge is 0.444 e. The van der Waals surface area contributed by atoms with E-state index in [4.69, 9.17) is 4.42 Å². The first-order valence-electron chi connectivity index (χ1n) is 9.58. The SMILES string of the molecule is C=CCn1c(CSc2ccc(C)cc2)nnc1SCC(=O)Nc1oc(C)c(C)c1C#N. The number of hydrogen-bond donors (Lipinski definition) is 1. The van der Waals surface area contributed by atoms with E-state index in [-0.39, 0.29) is 17.5 Å². The van der Waals surface area contributed by atoms with Gasteiger partial charge in [-0.15, -0.1) is 28.5 Å². The molecule has 160 valence electrons. The summed E-state index contributed by atoms with van der Waals surface area (Å²) in [6.45, 7) is 9.97. The number of thioether (sulfide) groups is 2. The Morgan fingerprint density at radius 3 is 2.68 bits per heavy atom. The molecule has 0 fully saturated rings. The topological polar surface area (TPSA) is 96.7 Å². The highest BCUT2D eigenvalue weighted by Crippen LogP contribution is 2.27. The van der Waals surface area contributed by atoms with E-state index in [1.54, 1.807) is 31.7 Å². The molecule has 0 bridgehead atoms. The number of allylic oxidation sites excluding steroid dienone is 1. The molecule has 2 heterocycles. The zero-order valence-electron chi connectivity index (χ0n) is 17.6. The highest BCUT2D eigenvalue weighted by atomic mass is 32.2. The van der Waals surface area contributed by atoms with Gasteiger partial charge in [-0.05, 0) is 32.9 Å². The minimum Gasteiger partial charge on any atom is -0.444 e. The average Bonchev–Trinajstić information content (AvgIpc) is 3.26. The number of aryl methyl sites for hydroxylation is 2. The molecule has 3 rings (SSSR count). The first kappa shape index (κ1) is 22.7. The summed E-state index contributed by atoms with van der Waals surface area (Å²) in [5, 5.41) is 21.1. The maximum Gasteiger partial charge on any atom is 0.237 e. The molecule has 1 N–H and O–H groups in total. The van der Waals surface area contributed by atoms with Gasteiger partial charge in [0.25, 0.3) is 0 Å². The third kappa shape index (κ3) is 5.60. The maximum absolute atomic E-state index is 12.4. The number of amides is 1. The van der Waals surface area contributed by atoms with Gasteiger partial charge in [-0.25, -0.2) is 0 Å². The van der Waals surface area contributed by atoms with Crippen LogP contribution in [-0.2, 0) is 17.1 Å². The Bertz CT molecular complexity index is 1130. The van der Waals surface area contributed by atoms with E-state index in [9.17, 15) is 10.1 Å². The molecule has 7 nitrogen and oxygen atoms in total. The second-order valence-corrected chi connectivity index (χ2v) is 8.83. The zero-order chi connectivity index (χ0) is 22.4. The van der Waals surface area contributed by atoms with Crippen molar-refractivity contribution in [1.82, 2.24) is 14.8 Å². The van der Waals surface area contributed by atoms with Gasteiger partial charge in [0.1, 0.15) is 23.2 Å². The summed E-state index contributed by atoms with van der Waals surface area (Å²) < 4.78 is 7.45. The minimum atomic E-state index is -0.279. The van der Waals surface area contributed by atoms with Crippen molar-refractivity contribution in [2.24, 2.45) is 0 Å². The lowest BCUT2D eigenvalue weighted by Crippen LogP contribution is -2.15. The Kier molecular flexibility index (Phi) is 7.60. The van der Waals surface area contributed by atoms with E-state index in [0.717, 1.165) is 16.3 Å². The lowest BCUT2D eigenvalue weighted by Gasteiger charge is -2.08. The van der Waals surface area contributed by atoms with Crippen molar-refractivity contribution in [3.8, 4) is 6.07 Å². The van der Waals surface area contributed by atoms with E-state index in [0.29, 0.717) is 28.8 Å². The summed E-state index contributed by atoms with van der Waals surface area (Å²) in [5.74, 6) is 2.11. The summed E-state index contributed by atoms with van der Waals surface area (Å²) in [4.78, 5) is 13.6. The number of rotatable bonds is 9. The number of carbonyl (C=O) groups is 1. The lowest BCUT2D eigenvalue weighted by atomic mass is 10.2. The monoisotopic (exact) mass is 453 g/mol. The number of carbonyl (C=O) groups excluding carboxylic acids is 1. The Hall–Kier alpha value is -2.96. The zero-order valence-corrected chi connectivity index (χ0v) is 19.3. The summed E-state index contributed by atoms with van der Waals surface area (Å²) in [7, 11) is 0. The van der Waals surface area contributed by atoms with Crippen LogP contribution in [-0.4, -0.2) is 26.4 Å². The molecular formula is C22H23N5O2S2. The summed E-state index contributed by atoms with van der Waals surface area (Å²) in [5.41, 5.74) is 2.30. The van der Waals surface area contributed by atoms with Crippen LogP contribution in [0.1, 0.15) is 28.3 Å². The van der Waals surface area contributed by atoms with Crippen LogP contribution >= 0.6 is 23.5 Å². The van der Waals surface area contributed by atoms with Crippen LogP contribution in [0, 0.1) is 32.1 Å². The highest BCUT2D eigenvalue weighted by molar-refractivity contribution is 7.99. The fourth-order valence-electron chi connectivity index (χ4n) is 2.77. The van der Waals surface area contributed by atoms with Gasteiger partial charge in [-0.1, -0.05) is 35.5 Å². The van der Waals surface area contributed by atoms with Crippen LogP contribution in [0.4, 0.5) is 5.88 Å². The molecule has 9 heteroatoms. The molecule has 0 unspecified atom stereocenters. The molecule has 1 aromatic carbocycles. The maximum atomic E-state index is 12.4. The first-order valence-corrected chi connectivity index (χ1v) is 11.5. The average molecular weight is 454 g/mol. The number of anilines is 1. The number of hydrogen-bond acceptors (Lipinski definition) is 7. The van der Waals surface area contributed by atoms with Gasteiger partial charge >= 0.3 is 0 Å². The second kappa shape index (κ2) is 10.4.